The number of hydrogen-bond acceptors (Lipinski definition) is 1. The molecule has 0 spiro atoms. The Morgan fingerprint density at radius 1 is 0.373 bits per heavy atom. The quantitative estimate of drug-likeness (QED) is 0.159. The number of nitrogens with zero attached hydrogens (tertiary/aromatic N) is 2. The molecule has 0 unspecified atom stereocenters. The van der Waals surface area contributed by atoms with E-state index in [0.29, 0.717) is 0 Å². The zero-order chi connectivity index (χ0) is 39.2. The van der Waals surface area contributed by atoms with Crippen LogP contribution in [0.5, 0.6) is 0 Å². The van der Waals surface area contributed by atoms with Gasteiger partial charge in [0, 0.05) is 38.9 Å². The normalized spacial score (nSPS) is 13.1. The van der Waals surface area contributed by atoms with Gasteiger partial charge in [-0.1, -0.05) is 147 Å². The van der Waals surface area contributed by atoms with Crippen molar-refractivity contribution in [1.29, 1.82) is 0 Å². The predicted molar refractivity (Wildman–Crippen MR) is 251 cm³/mol. The smallest absolute Gasteiger partial charge is 0.0547 e. The third kappa shape index (κ3) is 5.13. The van der Waals surface area contributed by atoms with E-state index in [1.54, 1.807) is 0 Å². The Kier molecular flexibility index (Phi) is 7.31. The average molecular weight is 753 g/mol. The van der Waals surface area contributed by atoms with Gasteiger partial charge in [-0.25, -0.2) is 0 Å². The van der Waals surface area contributed by atoms with Gasteiger partial charge in [-0.15, -0.1) is 0 Å². The second kappa shape index (κ2) is 12.8. The Balaban J connectivity index is 0.962. The van der Waals surface area contributed by atoms with Crippen molar-refractivity contribution in [3.8, 4) is 27.9 Å². The summed E-state index contributed by atoms with van der Waals surface area (Å²) in [5.41, 5.74) is 14.9. The molecule has 0 N–H and O–H groups in total. The third-order valence-electron chi connectivity index (χ3n) is 12.9. The van der Waals surface area contributed by atoms with Crippen molar-refractivity contribution in [2.24, 2.45) is 0 Å². The zero-order valence-electron chi connectivity index (χ0n) is 33.0. The van der Waals surface area contributed by atoms with Crippen molar-refractivity contribution in [3.63, 3.8) is 0 Å². The van der Waals surface area contributed by atoms with Gasteiger partial charge in [-0.3, -0.25) is 0 Å². The maximum absolute atomic E-state index is 2.41. The molecule has 0 fully saturated rings. The van der Waals surface area contributed by atoms with Crippen LogP contribution in [0.1, 0.15) is 25.0 Å². The summed E-state index contributed by atoms with van der Waals surface area (Å²) in [6, 6.07) is 76.1. The highest BCUT2D eigenvalue weighted by Crippen LogP contribution is 2.51. The van der Waals surface area contributed by atoms with Crippen LogP contribution in [0.3, 0.4) is 0 Å². The van der Waals surface area contributed by atoms with E-state index < -0.39 is 0 Å². The second-order valence-corrected chi connectivity index (χ2v) is 16.6. The SMILES string of the molecule is CC1(C)c2ccccc2-c2ccc(N(c3ccccc3)c3ccc4c(ccc5cc(-c6ccc7c(c6)c6c8ccccc8ccc6n7-c6ccccc6)ccc54)c3)cc21. The van der Waals surface area contributed by atoms with E-state index in [0.717, 1.165) is 17.1 Å². The Hall–Kier alpha value is -7.42. The van der Waals surface area contributed by atoms with Crippen molar-refractivity contribution in [2.45, 2.75) is 19.3 Å². The maximum Gasteiger partial charge on any atom is 0.0547 e. The van der Waals surface area contributed by atoms with Gasteiger partial charge < -0.3 is 9.47 Å². The van der Waals surface area contributed by atoms with E-state index in [4.69, 9.17) is 0 Å². The van der Waals surface area contributed by atoms with E-state index >= 15 is 0 Å². The lowest BCUT2D eigenvalue weighted by molar-refractivity contribution is 0.660. The van der Waals surface area contributed by atoms with E-state index in [1.807, 2.05) is 0 Å². The molecule has 0 amide bonds. The van der Waals surface area contributed by atoms with Gasteiger partial charge in [0.2, 0.25) is 0 Å². The van der Waals surface area contributed by atoms with Crippen LogP contribution >= 0.6 is 0 Å². The molecule has 0 saturated heterocycles. The Bertz CT molecular complexity index is 3460. The van der Waals surface area contributed by atoms with Crippen LogP contribution in [0, 0.1) is 0 Å². The largest absolute Gasteiger partial charge is 0.310 e. The molecule has 11 aromatic rings. The molecular weight excluding hydrogens is 713 g/mol. The maximum atomic E-state index is 2.41. The minimum atomic E-state index is -0.0768. The lowest BCUT2D eigenvalue weighted by Crippen LogP contribution is -2.16. The summed E-state index contributed by atoms with van der Waals surface area (Å²) in [6.45, 7) is 4.71. The predicted octanol–water partition coefficient (Wildman–Crippen LogP) is 15.7. The highest BCUT2D eigenvalue weighted by atomic mass is 15.1. The number of anilines is 3. The van der Waals surface area contributed by atoms with Crippen molar-refractivity contribution in [3.05, 3.63) is 217 Å². The lowest BCUT2D eigenvalue weighted by Gasteiger charge is -2.28. The van der Waals surface area contributed by atoms with E-state index in [2.05, 4.69) is 230 Å². The fourth-order valence-electron chi connectivity index (χ4n) is 10.1. The van der Waals surface area contributed by atoms with Crippen LogP contribution in [0.4, 0.5) is 17.1 Å². The Labute approximate surface area is 343 Å². The number of rotatable bonds is 5. The summed E-state index contributed by atoms with van der Waals surface area (Å²) in [4.78, 5) is 2.40. The molecule has 2 nitrogen and oxygen atoms in total. The standard InChI is InChI=1S/C57H40N2/c1-57(2)52-20-12-11-19-49(52)50-30-27-45(36-53(50)57)58(42-14-5-3-6-15-42)44-26-29-47-41(34-44)22-21-40-33-38(23-28-46(40)47)39-25-31-54-51(35-39)56-48-18-10-9-13-37(48)24-32-55(56)59(54)43-16-7-4-8-17-43/h3-36H,1-2H3. The molecular formula is C57H40N2. The molecule has 12 rings (SSSR count). The number of para-hydroxylation sites is 2. The topological polar surface area (TPSA) is 8.17 Å². The molecule has 1 aliphatic carbocycles. The number of benzene rings is 10. The minimum Gasteiger partial charge on any atom is -0.310 e. The fraction of sp³-hybridized carbons (Fsp3) is 0.0526. The number of hydrogen-bond donors (Lipinski definition) is 0. The van der Waals surface area contributed by atoms with E-state index in [-0.39, 0.29) is 5.41 Å². The molecule has 59 heavy (non-hydrogen) atoms. The first-order valence-electron chi connectivity index (χ1n) is 20.6. The van der Waals surface area contributed by atoms with Gasteiger partial charge in [0.15, 0.2) is 0 Å². The molecule has 1 aliphatic rings. The zero-order valence-corrected chi connectivity index (χ0v) is 33.0. The highest BCUT2D eigenvalue weighted by Gasteiger charge is 2.35. The molecule has 1 heterocycles. The summed E-state index contributed by atoms with van der Waals surface area (Å²) in [6.07, 6.45) is 0. The molecule has 1 aromatic heterocycles. The van der Waals surface area contributed by atoms with Crippen LogP contribution in [-0.4, -0.2) is 4.57 Å². The van der Waals surface area contributed by atoms with Gasteiger partial charge in [0.25, 0.3) is 0 Å². The van der Waals surface area contributed by atoms with Crippen molar-refractivity contribution >= 4 is 71.2 Å². The molecule has 0 saturated carbocycles. The first-order valence-corrected chi connectivity index (χ1v) is 20.6. The third-order valence-corrected chi connectivity index (χ3v) is 12.9. The molecule has 278 valence electrons. The Morgan fingerprint density at radius 3 is 1.83 bits per heavy atom. The van der Waals surface area contributed by atoms with Crippen molar-refractivity contribution in [1.82, 2.24) is 4.57 Å². The van der Waals surface area contributed by atoms with Crippen molar-refractivity contribution < 1.29 is 0 Å². The molecule has 10 aromatic carbocycles. The van der Waals surface area contributed by atoms with Gasteiger partial charge in [-0.2, -0.15) is 0 Å². The summed E-state index contributed by atoms with van der Waals surface area (Å²) in [5.74, 6) is 0. The van der Waals surface area contributed by atoms with Crippen LogP contribution in [0.15, 0.2) is 206 Å². The van der Waals surface area contributed by atoms with E-state index in [9.17, 15) is 0 Å². The molecule has 2 heteroatoms. The fourth-order valence-corrected chi connectivity index (χ4v) is 10.1. The summed E-state index contributed by atoms with van der Waals surface area (Å²) >= 11 is 0. The van der Waals surface area contributed by atoms with Gasteiger partial charge in [0.05, 0.1) is 11.0 Å². The molecule has 0 aliphatic heterocycles. The number of fused-ring (bicyclic) bond motifs is 11. The van der Waals surface area contributed by atoms with Crippen LogP contribution < -0.4 is 4.90 Å². The lowest BCUT2D eigenvalue weighted by atomic mass is 9.82. The van der Waals surface area contributed by atoms with Crippen molar-refractivity contribution in [2.75, 3.05) is 4.90 Å². The first kappa shape index (κ1) is 33.7. The average Bonchev–Trinajstić information content (AvgIpc) is 3.75. The Morgan fingerprint density at radius 2 is 0.983 bits per heavy atom. The number of aromatic nitrogens is 1. The minimum absolute atomic E-state index is 0.0768. The van der Waals surface area contributed by atoms with E-state index in [1.165, 1.54) is 93.2 Å². The summed E-state index contributed by atoms with van der Waals surface area (Å²) in [7, 11) is 0. The van der Waals surface area contributed by atoms with Crippen LogP contribution in [0.25, 0.3) is 82.1 Å². The van der Waals surface area contributed by atoms with Gasteiger partial charge in [-0.05, 0) is 138 Å². The summed E-state index contributed by atoms with van der Waals surface area (Å²) in [5, 5.41) is 10.1. The van der Waals surface area contributed by atoms with Crippen LogP contribution in [0.2, 0.25) is 0 Å². The monoisotopic (exact) mass is 752 g/mol. The highest BCUT2D eigenvalue weighted by molar-refractivity contribution is 6.22. The molecule has 0 bridgehead atoms. The molecule has 0 radical (unpaired) electrons. The summed E-state index contributed by atoms with van der Waals surface area (Å²) < 4.78 is 2.41. The van der Waals surface area contributed by atoms with Crippen LogP contribution in [-0.2, 0) is 5.41 Å². The second-order valence-electron chi connectivity index (χ2n) is 16.6. The van der Waals surface area contributed by atoms with Gasteiger partial charge >= 0.3 is 0 Å². The van der Waals surface area contributed by atoms with Gasteiger partial charge in [0.1, 0.15) is 0 Å². The molecule has 0 atom stereocenters. The first-order chi connectivity index (χ1) is 29.0.